The lowest BCUT2D eigenvalue weighted by Crippen LogP contribution is -1.85. The van der Waals surface area contributed by atoms with Crippen LogP contribution in [0.3, 0.4) is 0 Å². The Kier molecular flexibility index (Phi) is 26.5. The lowest BCUT2D eigenvalue weighted by atomic mass is 10.1. The second-order valence-electron chi connectivity index (χ2n) is 5.41. The van der Waals surface area contributed by atoms with Crippen molar-refractivity contribution in [3.63, 3.8) is 0 Å². The average molecular weight is 290 g/mol. The van der Waals surface area contributed by atoms with Crippen molar-refractivity contribution in [1.29, 1.82) is 0 Å². The Bertz CT molecular complexity index is 124. The predicted octanol–water partition coefficient (Wildman–Crippen LogP) is 4.04. The summed E-state index contributed by atoms with van der Waals surface area (Å²) in [5.41, 5.74) is 0. The Balaban J connectivity index is 0. The van der Waals surface area contributed by atoms with E-state index in [1.54, 1.807) is 0 Å². The van der Waals surface area contributed by atoms with Crippen molar-refractivity contribution < 1.29 is 15.3 Å². The summed E-state index contributed by atoms with van der Waals surface area (Å²) in [5, 5.41) is 24.8. The van der Waals surface area contributed by atoms with Gasteiger partial charge in [0, 0.05) is 19.8 Å². The summed E-state index contributed by atoms with van der Waals surface area (Å²) >= 11 is 0. The molecule has 3 heteroatoms. The van der Waals surface area contributed by atoms with Crippen LogP contribution in [0.5, 0.6) is 0 Å². The third kappa shape index (κ3) is 26.4. The average Bonchev–Trinajstić information content (AvgIpc) is 2.48. The van der Waals surface area contributed by atoms with E-state index >= 15 is 0 Å². The fraction of sp³-hybridized carbons (Fsp3) is 1.00. The van der Waals surface area contributed by atoms with E-state index < -0.39 is 0 Å². The van der Waals surface area contributed by atoms with Crippen molar-refractivity contribution in [1.82, 2.24) is 0 Å². The maximum absolute atomic E-state index is 8.59. The molecule has 0 bridgehead atoms. The summed E-state index contributed by atoms with van der Waals surface area (Å²) in [7, 11) is 0. The maximum atomic E-state index is 8.59. The zero-order valence-corrected chi connectivity index (χ0v) is 13.7. The van der Waals surface area contributed by atoms with Gasteiger partial charge in [0.2, 0.25) is 0 Å². The van der Waals surface area contributed by atoms with E-state index in [2.05, 4.69) is 6.92 Å². The van der Waals surface area contributed by atoms with Crippen LogP contribution in [0.1, 0.15) is 90.4 Å². The third-order valence-electron chi connectivity index (χ3n) is 3.33. The van der Waals surface area contributed by atoms with Gasteiger partial charge in [-0.2, -0.15) is 0 Å². The first-order valence-electron chi connectivity index (χ1n) is 8.66. The van der Waals surface area contributed by atoms with Crippen molar-refractivity contribution >= 4 is 0 Å². The van der Waals surface area contributed by atoms with Gasteiger partial charge in [-0.15, -0.1) is 0 Å². The van der Waals surface area contributed by atoms with Crippen LogP contribution in [0.2, 0.25) is 0 Å². The summed E-state index contributed by atoms with van der Waals surface area (Å²) in [6.07, 6.45) is 16.2. The minimum Gasteiger partial charge on any atom is -0.396 e. The molecule has 0 saturated carbocycles. The van der Waals surface area contributed by atoms with Crippen molar-refractivity contribution in [3.8, 4) is 0 Å². The third-order valence-corrected chi connectivity index (χ3v) is 3.33. The summed E-state index contributed by atoms with van der Waals surface area (Å²) in [6.45, 7) is 3.03. The molecule has 0 heterocycles. The van der Waals surface area contributed by atoms with Crippen molar-refractivity contribution in [3.05, 3.63) is 0 Å². The number of hydrogen-bond donors (Lipinski definition) is 3. The normalized spacial score (nSPS) is 10.2. The zero-order valence-electron chi connectivity index (χ0n) is 13.7. The minimum absolute atomic E-state index is 0.195. The van der Waals surface area contributed by atoms with E-state index in [9.17, 15) is 0 Å². The van der Waals surface area contributed by atoms with Crippen molar-refractivity contribution in [2.75, 3.05) is 19.8 Å². The van der Waals surface area contributed by atoms with Gasteiger partial charge in [0.05, 0.1) is 0 Å². The Hall–Kier alpha value is -0.120. The van der Waals surface area contributed by atoms with Crippen LogP contribution >= 0.6 is 0 Å². The van der Waals surface area contributed by atoms with Crippen LogP contribution in [0.15, 0.2) is 0 Å². The Labute approximate surface area is 126 Å². The quantitative estimate of drug-likeness (QED) is 0.423. The first-order chi connectivity index (χ1) is 9.83. The largest absolute Gasteiger partial charge is 0.396 e. The summed E-state index contributed by atoms with van der Waals surface area (Å²) < 4.78 is 0. The van der Waals surface area contributed by atoms with Gasteiger partial charge >= 0.3 is 0 Å². The molecule has 124 valence electrons. The highest BCUT2D eigenvalue weighted by Crippen LogP contribution is 2.10. The molecule has 0 spiro atoms. The van der Waals surface area contributed by atoms with Crippen LogP contribution in [-0.4, -0.2) is 35.1 Å². The molecule has 0 unspecified atom stereocenters. The molecule has 0 atom stereocenters. The molecule has 3 nitrogen and oxygen atoms in total. The highest BCUT2D eigenvalue weighted by molar-refractivity contribution is 4.47. The number of hydrogen-bond acceptors (Lipinski definition) is 3. The van der Waals surface area contributed by atoms with Gasteiger partial charge in [0.1, 0.15) is 0 Å². The molecule has 0 rings (SSSR count). The standard InChI is InChI=1S/C13H28O.C4H10O2/c1-2-3-4-5-6-7-8-9-10-11-12-13-14;5-3-1-2-4-6/h14H,2-13H2,1H3;5-6H,1-4H2. The van der Waals surface area contributed by atoms with Crippen LogP contribution < -0.4 is 0 Å². The van der Waals surface area contributed by atoms with E-state index in [1.807, 2.05) is 0 Å². The van der Waals surface area contributed by atoms with Gasteiger partial charge in [-0.05, 0) is 19.3 Å². The molecule has 0 amide bonds. The molecule has 0 aromatic carbocycles. The molecule has 0 aliphatic carbocycles. The fourth-order valence-corrected chi connectivity index (χ4v) is 2.00. The van der Waals surface area contributed by atoms with E-state index in [0.717, 1.165) is 19.3 Å². The Morgan fingerprint density at radius 2 is 0.650 bits per heavy atom. The molecule has 20 heavy (non-hydrogen) atoms. The molecule has 0 aliphatic rings. The zero-order chi connectivity index (χ0) is 15.3. The topological polar surface area (TPSA) is 60.7 Å². The van der Waals surface area contributed by atoms with Crippen molar-refractivity contribution in [2.45, 2.75) is 90.4 Å². The molecule has 0 aromatic rings. The second-order valence-corrected chi connectivity index (χ2v) is 5.41. The fourth-order valence-electron chi connectivity index (χ4n) is 2.00. The first-order valence-corrected chi connectivity index (χ1v) is 8.66. The molecule has 3 N–H and O–H groups in total. The highest BCUT2D eigenvalue weighted by atomic mass is 16.3. The lowest BCUT2D eigenvalue weighted by Gasteiger charge is -2.01. The molecule has 0 aliphatic heterocycles. The minimum atomic E-state index is 0.195. The van der Waals surface area contributed by atoms with Crippen molar-refractivity contribution in [2.24, 2.45) is 0 Å². The second kappa shape index (κ2) is 23.9. The van der Waals surface area contributed by atoms with Crippen LogP contribution in [0.25, 0.3) is 0 Å². The van der Waals surface area contributed by atoms with Gasteiger partial charge < -0.3 is 15.3 Å². The lowest BCUT2D eigenvalue weighted by molar-refractivity contribution is 0.242. The maximum Gasteiger partial charge on any atom is 0.0431 e. The van der Waals surface area contributed by atoms with Crippen LogP contribution in [-0.2, 0) is 0 Å². The van der Waals surface area contributed by atoms with E-state index in [0.29, 0.717) is 6.61 Å². The molecular weight excluding hydrogens is 252 g/mol. The molecular formula is C17H38O3. The van der Waals surface area contributed by atoms with Gasteiger partial charge in [-0.1, -0.05) is 71.1 Å². The number of aliphatic hydroxyl groups excluding tert-OH is 3. The van der Waals surface area contributed by atoms with Gasteiger partial charge in [0.25, 0.3) is 0 Å². The van der Waals surface area contributed by atoms with Gasteiger partial charge in [-0.25, -0.2) is 0 Å². The van der Waals surface area contributed by atoms with E-state index in [4.69, 9.17) is 15.3 Å². The predicted molar refractivity (Wildman–Crippen MR) is 87.0 cm³/mol. The summed E-state index contributed by atoms with van der Waals surface area (Å²) in [5.74, 6) is 0. The first kappa shape index (κ1) is 22.2. The molecule has 0 radical (unpaired) electrons. The molecule has 0 fully saturated rings. The summed E-state index contributed by atoms with van der Waals surface area (Å²) in [6, 6.07) is 0. The number of unbranched alkanes of at least 4 members (excludes halogenated alkanes) is 11. The van der Waals surface area contributed by atoms with Crippen LogP contribution in [0.4, 0.5) is 0 Å². The monoisotopic (exact) mass is 290 g/mol. The summed E-state index contributed by atoms with van der Waals surface area (Å²) in [4.78, 5) is 0. The van der Waals surface area contributed by atoms with Gasteiger partial charge in [0.15, 0.2) is 0 Å². The number of rotatable bonds is 14. The van der Waals surface area contributed by atoms with E-state index in [1.165, 1.54) is 64.2 Å². The Morgan fingerprint density at radius 1 is 0.400 bits per heavy atom. The molecule has 0 aromatic heterocycles. The van der Waals surface area contributed by atoms with Gasteiger partial charge in [-0.3, -0.25) is 0 Å². The molecule has 0 saturated heterocycles. The smallest absolute Gasteiger partial charge is 0.0431 e. The SMILES string of the molecule is CCCCCCCCCCCCCO.OCCCCO. The highest BCUT2D eigenvalue weighted by Gasteiger charge is 1.91. The van der Waals surface area contributed by atoms with Crippen LogP contribution in [0, 0.1) is 0 Å². The Morgan fingerprint density at radius 3 is 0.950 bits per heavy atom. The van der Waals surface area contributed by atoms with E-state index in [-0.39, 0.29) is 13.2 Å². The number of aliphatic hydroxyl groups is 3.